The fourth-order valence-electron chi connectivity index (χ4n) is 3.79. The van der Waals surface area contributed by atoms with Crippen molar-refractivity contribution in [3.63, 3.8) is 0 Å². The van der Waals surface area contributed by atoms with Crippen molar-refractivity contribution >= 4 is 11.7 Å². The van der Waals surface area contributed by atoms with Crippen LogP contribution >= 0.6 is 0 Å². The van der Waals surface area contributed by atoms with E-state index in [1.165, 1.54) is 0 Å². The number of aliphatic hydroxyl groups is 2. The molecule has 0 bridgehead atoms. The number of urea groups is 1. The minimum atomic E-state index is -1.08. The lowest BCUT2D eigenvalue weighted by molar-refractivity contribution is 0.00877. The van der Waals surface area contributed by atoms with Crippen LogP contribution in [0.3, 0.4) is 0 Å². The third kappa shape index (κ3) is 4.48. The highest BCUT2D eigenvalue weighted by Crippen LogP contribution is 2.33. The lowest BCUT2D eigenvalue weighted by Crippen LogP contribution is -2.44. The predicted octanol–water partition coefficient (Wildman–Crippen LogP) is 0.128. The number of carbonyl (C=O) groups is 1. The number of anilines is 1. The van der Waals surface area contributed by atoms with E-state index in [2.05, 4.69) is 20.9 Å². The summed E-state index contributed by atoms with van der Waals surface area (Å²) in [5, 5.41) is 34.2. The first-order valence-electron chi connectivity index (χ1n) is 9.74. The molecule has 2 amide bonds. The SMILES string of the molecule is COCc1cn(C[C@H]2C[C@@H](NC(=O)Nc3ccc4c(c3)OCCO4)[C@H](O)[C@@H]2O)nn1. The largest absolute Gasteiger partial charge is 0.486 e. The van der Waals surface area contributed by atoms with Gasteiger partial charge in [-0.25, -0.2) is 4.79 Å². The van der Waals surface area contributed by atoms with Crippen molar-refractivity contribution in [2.45, 2.75) is 37.8 Å². The van der Waals surface area contributed by atoms with E-state index < -0.39 is 24.3 Å². The van der Waals surface area contributed by atoms with Gasteiger partial charge < -0.3 is 35.1 Å². The molecule has 30 heavy (non-hydrogen) atoms. The fourth-order valence-corrected chi connectivity index (χ4v) is 3.79. The summed E-state index contributed by atoms with van der Waals surface area (Å²) in [5.41, 5.74) is 1.22. The quantitative estimate of drug-likeness (QED) is 0.518. The summed E-state index contributed by atoms with van der Waals surface area (Å²) in [6.07, 6.45) is 0.0662. The Hall–Kier alpha value is -2.89. The Bertz CT molecular complexity index is 890. The van der Waals surface area contributed by atoms with Crippen LogP contribution in [0.5, 0.6) is 11.5 Å². The molecule has 162 valence electrons. The van der Waals surface area contributed by atoms with Crippen molar-refractivity contribution < 1.29 is 29.2 Å². The van der Waals surface area contributed by atoms with Gasteiger partial charge in [-0.3, -0.25) is 4.68 Å². The van der Waals surface area contributed by atoms with Gasteiger partial charge >= 0.3 is 6.03 Å². The molecule has 1 aromatic heterocycles. The van der Waals surface area contributed by atoms with Crippen molar-refractivity contribution in [1.29, 1.82) is 0 Å². The number of amides is 2. The minimum Gasteiger partial charge on any atom is -0.486 e. The number of fused-ring (bicyclic) bond motifs is 1. The lowest BCUT2D eigenvalue weighted by Gasteiger charge is -2.20. The summed E-state index contributed by atoms with van der Waals surface area (Å²) < 4.78 is 17.6. The number of carbonyl (C=O) groups excluding carboxylic acids is 1. The Kier molecular flexibility index (Phi) is 6.02. The first-order valence-corrected chi connectivity index (χ1v) is 9.74. The predicted molar refractivity (Wildman–Crippen MR) is 104 cm³/mol. The highest BCUT2D eigenvalue weighted by Gasteiger charge is 2.42. The van der Waals surface area contributed by atoms with Gasteiger partial charge in [-0.15, -0.1) is 5.10 Å². The van der Waals surface area contributed by atoms with Crippen molar-refractivity contribution in [3.05, 3.63) is 30.1 Å². The summed E-state index contributed by atoms with van der Waals surface area (Å²) in [6, 6.07) is 4.04. The number of aliphatic hydroxyl groups excluding tert-OH is 2. The first-order chi connectivity index (χ1) is 14.5. The summed E-state index contributed by atoms with van der Waals surface area (Å²) >= 11 is 0. The number of hydrogen-bond acceptors (Lipinski definition) is 8. The molecule has 2 aliphatic rings. The third-order valence-electron chi connectivity index (χ3n) is 5.22. The van der Waals surface area contributed by atoms with Gasteiger partial charge in [-0.1, -0.05) is 5.21 Å². The Morgan fingerprint density at radius 3 is 2.87 bits per heavy atom. The molecule has 2 aromatic rings. The van der Waals surface area contributed by atoms with Crippen molar-refractivity contribution in [2.75, 3.05) is 25.6 Å². The molecular weight excluding hydrogens is 394 g/mol. The van der Waals surface area contributed by atoms with Crippen LogP contribution in [0, 0.1) is 5.92 Å². The molecule has 0 spiro atoms. The summed E-state index contributed by atoms with van der Waals surface area (Å²) in [6.45, 7) is 1.66. The molecule has 11 heteroatoms. The fraction of sp³-hybridized carbons (Fsp3) is 0.526. The maximum Gasteiger partial charge on any atom is 0.319 e. The lowest BCUT2D eigenvalue weighted by atomic mass is 10.1. The number of hydrogen-bond donors (Lipinski definition) is 4. The van der Waals surface area contributed by atoms with Crippen LogP contribution in [0.15, 0.2) is 24.4 Å². The monoisotopic (exact) mass is 419 g/mol. The molecular formula is C19H25N5O6. The number of ether oxygens (including phenoxy) is 3. The summed E-state index contributed by atoms with van der Waals surface area (Å²) in [4.78, 5) is 12.4. The Labute approximate surface area is 172 Å². The molecule has 4 rings (SSSR count). The van der Waals surface area contributed by atoms with E-state index in [9.17, 15) is 15.0 Å². The molecule has 1 aliphatic carbocycles. The highest BCUT2D eigenvalue weighted by molar-refractivity contribution is 5.90. The van der Waals surface area contributed by atoms with Crippen LogP contribution in [-0.2, 0) is 17.9 Å². The van der Waals surface area contributed by atoms with E-state index in [1.54, 1.807) is 36.2 Å². The van der Waals surface area contributed by atoms with Gasteiger partial charge in [0.15, 0.2) is 11.5 Å². The van der Waals surface area contributed by atoms with E-state index in [0.29, 0.717) is 55.7 Å². The van der Waals surface area contributed by atoms with Gasteiger partial charge in [0, 0.05) is 31.3 Å². The second kappa shape index (κ2) is 8.86. The number of benzene rings is 1. The van der Waals surface area contributed by atoms with Crippen molar-refractivity contribution in [2.24, 2.45) is 5.92 Å². The minimum absolute atomic E-state index is 0.281. The molecule has 1 aliphatic heterocycles. The molecule has 2 heterocycles. The molecule has 0 unspecified atom stereocenters. The van der Waals surface area contributed by atoms with Crippen LogP contribution in [-0.4, -0.2) is 69.8 Å². The second-order valence-corrected chi connectivity index (χ2v) is 7.41. The van der Waals surface area contributed by atoms with E-state index >= 15 is 0 Å². The highest BCUT2D eigenvalue weighted by atomic mass is 16.6. The maximum atomic E-state index is 12.4. The average Bonchev–Trinajstić information content (AvgIpc) is 3.28. The molecule has 0 saturated heterocycles. The molecule has 1 fully saturated rings. The van der Waals surface area contributed by atoms with Gasteiger partial charge in [-0.05, 0) is 18.6 Å². The molecule has 1 aromatic carbocycles. The van der Waals surface area contributed by atoms with Gasteiger partial charge in [0.1, 0.15) is 25.0 Å². The normalized spacial score (nSPS) is 25.2. The van der Waals surface area contributed by atoms with E-state index in [-0.39, 0.29) is 5.92 Å². The maximum absolute atomic E-state index is 12.4. The Morgan fingerprint density at radius 1 is 1.27 bits per heavy atom. The number of methoxy groups -OCH3 is 1. The molecule has 11 nitrogen and oxygen atoms in total. The van der Waals surface area contributed by atoms with Crippen LogP contribution in [0.25, 0.3) is 0 Å². The second-order valence-electron chi connectivity index (χ2n) is 7.41. The van der Waals surface area contributed by atoms with Crippen LogP contribution in [0.4, 0.5) is 10.5 Å². The Balaban J connectivity index is 1.33. The average molecular weight is 419 g/mol. The smallest absolute Gasteiger partial charge is 0.319 e. The molecule has 1 saturated carbocycles. The number of rotatable bonds is 6. The number of aromatic nitrogens is 3. The standard InChI is InChI=1S/C19H25N5O6/c1-28-10-13-9-24(23-22-13)8-11-6-14(18(26)17(11)25)21-19(27)20-12-2-3-15-16(7-12)30-5-4-29-15/h2-3,7,9,11,14,17-18,25-26H,4-6,8,10H2,1H3,(H2,20,21,27)/t11-,14-,17-,18+/m1/s1. The van der Waals surface area contributed by atoms with E-state index in [4.69, 9.17) is 14.2 Å². The molecule has 4 N–H and O–H groups in total. The summed E-state index contributed by atoms with van der Waals surface area (Å²) in [7, 11) is 1.57. The topological polar surface area (TPSA) is 140 Å². The zero-order chi connectivity index (χ0) is 21.1. The number of nitrogens with zero attached hydrogens (tertiary/aromatic N) is 3. The molecule has 0 radical (unpaired) electrons. The van der Waals surface area contributed by atoms with Gasteiger partial charge in [-0.2, -0.15) is 0 Å². The van der Waals surface area contributed by atoms with Crippen LogP contribution in [0.2, 0.25) is 0 Å². The van der Waals surface area contributed by atoms with Gasteiger partial charge in [0.25, 0.3) is 0 Å². The summed E-state index contributed by atoms with van der Waals surface area (Å²) in [5.74, 6) is 0.916. The third-order valence-corrected chi connectivity index (χ3v) is 5.22. The zero-order valence-electron chi connectivity index (χ0n) is 16.5. The van der Waals surface area contributed by atoms with Crippen molar-refractivity contribution in [3.8, 4) is 11.5 Å². The van der Waals surface area contributed by atoms with Gasteiger partial charge in [0.05, 0.1) is 24.9 Å². The van der Waals surface area contributed by atoms with Gasteiger partial charge in [0.2, 0.25) is 0 Å². The van der Waals surface area contributed by atoms with Crippen LogP contribution < -0.4 is 20.1 Å². The molecule has 4 atom stereocenters. The van der Waals surface area contributed by atoms with Crippen LogP contribution in [0.1, 0.15) is 12.1 Å². The van der Waals surface area contributed by atoms with E-state index in [1.807, 2.05) is 0 Å². The number of nitrogens with one attached hydrogen (secondary N) is 2. The zero-order valence-corrected chi connectivity index (χ0v) is 16.5. The van der Waals surface area contributed by atoms with Crippen molar-refractivity contribution in [1.82, 2.24) is 20.3 Å². The van der Waals surface area contributed by atoms with E-state index in [0.717, 1.165) is 0 Å². The Morgan fingerprint density at radius 2 is 2.07 bits per heavy atom. The first kappa shape index (κ1) is 20.4.